The van der Waals surface area contributed by atoms with Crippen LogP contribution in [0.25, 0.3) is 43.6 Å². The van der Waals surface area contributed by atoms with E-state index in [9.17, 15) is 0 Å². The summed E-state index contributed by atoms with van der Waals surface area (Å²) in [6.07, 6.45) is 2.24. The molecular formula is C30H28NS+. The zero-order valence-electron chi connectivity index (χ0n) is 19.6. The van der Waals surface area contributed by atoms with Gasteiger partial charge in [-0.2, -0.15) is 0 Å². The van der Waals surface area contributed by atoms with E-state index >= 15 is 0 Å². The van der Waals surface area contributed by atoms with E-state index in [1.165, 1.54) is 75.6 Å². The number of aryl methyl sites for hydroxylation is 4. The fourth-order valence-electron chi connectivity index (χ4n) is 5.46. The number of fused-ring (bicyclic) bond motifs is 5. The van der Waals surface area contributed by atoms with Gasteiger partial charge in [-0.15, -0.1) is 0 Å². The maximum Gasteiger partial charge on any atom is 0.222 e. The molecule has 0 atom stereocenters. The third kappa shape index (κ3) is 2.62. The Bertz CT molecular complexity index is 1610. The van der Waals surface area contributed by atoms with Crippen molar-refractivity contribution in [2.24, 2.45) is 7.05 Å². The highest BCUT2D eigenvalue weighted by Crippen LogP contribution is 2.52. The van der Waals surface area contributed by atoms with Crippen molar-refractivity contribution in [1.82, 2.24) is 0 Å². The molecule has 2 heterocycles. The van der Waals surface area contributed by atoms with Gasteiger partial charge in [-0.05, 0) is 71.0 Å². The molecule has 32 heavy (non-hydrogen) atoms. The van der Waals surface area contributed by atoms with Crippen LogP contribution in [0.2, 0.25) is 0 Å². The number of hydrogen-bond acceptors (Lipinski definition) is 1. The fraction of sp³-hybridized carbons (Fsp3) is 0.233. The Morgan fingerprint density at radius 3 is 2.34 bits per heavy atom. The summed E-state index contributed by atoms with van der Waals surface area (Å²) in [6, 6.07) is 18.6. The summed E-state index contributed by atoms with van der Waals surface area (Å²) in [5, 5.41) is 8.21. The summed E-state index contributed by atoms with van der Waals surface area (Å²) < 4.78 is 2.33. The van der Waals surface area contributed by atoms with Gasteiger partial charge in [0.25, 0.3) is 0 Å². The third-order valence-electron chi connectivity index (χ3n) is 7.26. The minimum atomic E-state index is 0.531. The minimum absolute atomic E-state index is 0.531. The van der Waals surface area contributed by atoms with Crippen LogP contribution >= 0.6 is 11.8 Å². The number of nitrogens with zero attached hydrogens (tertiary/aromatic N) is 1. The molecule has 1 nitrogen and oxygen atoms in total. The van der Waals surface area contributed by atoms with Gasteiger partial charge >= 0.3 is 0 Å². The molecular weight excluding hydrogens is 406 g/mol. The van der Waals surface area contributed by atoms with Crippen molar-refractivity contribution in [3.8, 4) is 11.3 Å². The number of rotatable bonds is 1. The Hall–Kier alpha value is -2.84. The van der Waals surface area contributed by atoms with E-state index in [4.69, 9.17) is 0 Å². The largest absolute Gasteiger partial charge is 0.222 e. The van der Waals surface area contributed by atoms with Crippen molar-refractivity contribution < 1.29 is 4.57 Å². The highest BCUT2D eigenvalue weighted by atomic mass is 32.2. The first-order chi connectivity index (χ1) is 15.3. The molecule has 6 rings (SSSR count). The molecule has 158 valence electrons. The predicted octanol–water partition coefficient (Wildman–Crippen LogP) is 8.15. The van der Waals surface area contributed by atoms with Crippen molar-refractivity contribution in [1.29, 1.82) is 0 Å². The van der Waals surface area contributed by atoms with Crippen molar-refractivity contribution >= 4 is 44.1 Å². The van der Waals surface area contributed by atoms with Crippen LogP contribution in [0, 0.1) is 20.8 Å². The zero-order chi connectivity index (χ0) is 22.3. The second-order valence-electron chi connectivity index (χ2n) is 9.68. The van der Waals surface area contributed by atoms with E-state index < -0.39 is 0 Å². The quantitative estimate of drug-likeness (QED) is 0.186. The molecule has 0 unspecified atom stereocenters. The summed E-state index contributed by atoms with van der Waals surface area (Å²) in [6.45, 7) is 11.3. The van der Waals surface area contributed by atoms with Crippen LogP contribution in [0.1, 0.15) is 42.0 Å². The monoisotopic (exact) mass is 434 g/mol. The predicted molar refractivity (Wildman–Crippen MR) is 138 cm³/mol. The molecule has 0 fully saturated rings. The van der Waals surface area contributed by atoms with Gasteiger partial charge in [0.2, 0.25) is 5.69 Å². The van der Waals surface area contributed by atoms with Gasteiger partial charge in [0.15, 0.2) is 6.20 Å². The molecule has 0 radical (unpaired) electrons. The van der Waals surface area contributed by atoms with Gasteiger partial charge in [-0.25, -0.2) is 4.57 Å². The van der Waals surface area contributed by atoms with Crippen LogP contribution in [-0.4, -0.2) is 0 Å². The molecule has 0 N–H and O–H groups in total. The average Bonchev–Trinajstić information content (AvgIpc) is 2.78. The van der Waals surface area contributed by atoms with Gasteiger partial charge < -0.3 is 0 Å². The standard InChI is InChI=1S/C30H28NS/c1-16(2)20-8-10-23-21(14-20)15-26-28-24(23)11-12-31(6)29(28)27-18(4)25-13-17(3)7-9-22(25)19(5)30(27)32-26/h7-16H,1-6H3/q+1. The smallest absolute Gasteiger partial charge is 0.200 e. The second-order valence-corrected chi connectivity index (χ2v) is 10.7. The Kier molecular flexibility index (Phi) is 4.23. The molecule has 0 spiro atoms. The van der Waals surface area contributed by atoms with Gasteiger partial charge in [0.1, 0.15) is 7.05 Å². The van der Waals surface area contributed by atoms with Crippen LogP contribution in [0.4, 0.5) is 0 Å². The van der Waals surface area contributed by atoms with E-state index in [0.29, 0.717) is 5.92 Å². The molecule has 5 aromatic rings. The molecule has 1 aromatic heterocycles. The molecule has 1 aliphatic rings. The molecule has 2 heteroatoms. The Labute approximate surface area is 194 Å². The third-order valence-corrected chi connectivity index (χ3v) is 8.52. The molecule has 0 saturated carbocycles. The van der Waals surface area contributed by atoms with Crippen LogP contribution in [0.15, 0.2) is 64.5 Å². The average molecular weight is 435 g/mol. The lowest BCUT2D eigenvalue weighted by atomic mass is 9.89. The SMILES string of the molecule is Cc1ccc2c(C)c3c(c(C)c2c1)-c1c2c(cc4cc(C(C)C)ccc4c2cc[n+]1C)S3. The van der Waals surface area contributed by atoms with Crippen LogP contribution in [0.3, 0.4) is 0 Å². The van der Waals surface area contributed by atoms with Crippen LogP contribution in [-0.2, 0) is 7.05 Å². The lowest BCUT2D eigenvalue weighted by Gasteiger charge is -2.24. The van der Waals surface area contributed by atoms with E-state index in [2.05, 4.69) is 101 Å². The lowest BCUT2D eigenvalue weighted by molar-refractivity contribution is -0.659. The van der Waals surface area contributed by atoms with Crippen LogP contribution < -0.4 is 4.57 Å². The number of hydrogen-bond donors (Lipinski definition) is 0. The topological polar surface area (TPSA) is 3.88 Å². The Morgan fingerprint density at radius 2 is 1.56 bits per heavy atom. The molecule has 0 aliphatic carbocycles. The first-order valence-corrected chi connectivity index (χ1v) is 12.3. The highest BCUT2D eigenvalue weighted by molar-refractivity contribution is 8.00. The van der Waals surface area contributed by atoms with Gasteiger partial charge in [-0.3, -0.25) is 0 Å². The van der Waals surface area contributed by atoms with E-state index in [0.717, 1.165) is 0 Å². The van der Waals surface area contributed by atoms with Crippen molar-refractivity contribution in [2.75, 3.05) is 0 Å². The van der Waals surface area contributed by atoms with Gasteiger partial charge in [0.05, 0.1) is 10.9 Å². The molecule has 0 amide bonds. The minimum Gasteiger partial charge on any atom is -0.200 e. The lowest BCUT2D eigenvalue weighted by Crippen LogP contribution is -2.32. The second kappa shape index (κ2) is 6.83. The molecule has 0 saturated heterocycles. The summed E-state index contributed by atoms with van der Waals surface area (Å²) in [5.74, 6) is 0.531. The zero-order valence-corrected chi connectivity index (χ0v) is 20.4. The molecule has 4 aromatic carbocycles. The van der Waals surface area contributed by atoms with Crippen molar-refractivity contribution in [3.05, 3.63) is 77.0 Å². The fourth-order valence-corrected chi connectivity index (χ4v) is 6.78. The van der Waals surface area contributed by atoms with Crippen LogP contribution in [0.5, 0.6) is 0 Å². The summed E-state index contributed by atoms with van der Waals surface area (Å²) >= 11 is 1.96. The number of pyridine rings is 1. The maximum absolute atomic E-state index is 2.43. The highest BCUT2D eigenvalue weighted by Gasteiger charge is 2.31. The molecule has 1 aliphatic heterocycles. The normalized spacial score (nSPS) is 12.8. The Balaban J connectivity index is 1.79. The van der Waals surface area contributed by atoms with Gasteiger partial charge in [-0.1, -0.05) is 67.6 Å². The summed E-state index contributed by atoms with van der Waals surface area (Å²) in [5.41, 5.74) is 8.26. The van der Waals surface area contributed by atoms with E-state index in [-0.39, 0.29) is 0 Å². The number of aromatic nitrogens is 1. The van der Waals surface area contributed by atoms with E-state index in [1.807, 2.05) is 11.8 Å². The first kappa shape index (κ1) is 19.8. The van der Waals surface area contributed by atoms with E-state index in [1.54, 1.807) is 0 Å². The summed E-state index contributed by atoms with van der Waals surface area (Å²) in [4.78, 5) is 2.79. The van der Waals surface area contributed by atoms with Gasteiger partial charge in [0, 0.05) is 21.2 Å². The number of benzene rings is 4. The Morgan fingerprint density at radius 1 is 0.781 bits per heavy atom. The first-order valence-electron chi connectivity index (χ1n) is 11.5. The van der Waals surface area contributed by atoms with Crippen molar-refractivity contribution in [3.63, 3.8) is 0 Å². The maximum atomic E-state index is 2.43. The van der Waals surface area contributed by atoms with Crippen molar-refractivity contribution in [2.45, 2.75) is 50.3 Å². The molecule has 0 bridgehead atoms. The summed E-state index contributed by atoms with van der Waals surface area (Å²) in [7, 11) is 2.19.